The summed E-state index contributed by atoms with van der Waals surface area (Å²) in [5.74, 6) is -3.26. The summed E-state index contributed by atoms with van der Waals surface area (Å²) in [6, 6.07) is 11.3. The Morgan fingerprint density at radius 2 is 1.39 bits per heavy atom. The van der Waals surface area contributed by atoms with E-state index in [0.717, 1.165) is 50.2 Å². The molecular weight excluding hydrogens is 654 g/mol. The van der Waals surface area contributed by atoms with Crippen molar-refractivity contribution in [1.82, 2.24) is 10.6 Å². The van der Waals surface area contributed by atoms with Gasteiger partial charge in [-0.2, -0.15) is 26.3 Å². The average Bonchev–Trinajstić information content (AvgIpc) is 2.97. The summed E-state index contributed by atoms with van der Waals surface area (Å²) in [5, 5.41) is 7.02. The number of carbonyl (C=O) groups excluding carboxylic acids is 3. The fraction of sp³-hybridized carbons (Fsp3) is 0.300. The van der Waals surface area contributed by atoms with E-state index in [4.69, 9.17) is 16.3 Å². The van der Waals surface area contributed by atoms with Crippen LogP contribution < -0.4 is 20.7 Å². The van der Waals surface area contributed by atoms with Crippen molar-refractivity contribution in [2.24, 2.45) is 5.41 Å². The number of benzene rings is 3. The molecule has 3 amide bonds. The third kappa shape index (κ3) is 9.31. The van der Waals surface area contributed by atoms with E-state index in [1.807, 2.05) is 0 Å². The number of hydrogen-bond acceptors (Lipinski definition) is 4. The van der Waals surface area contributed by atoms with Gasteiger partial charge in [-0.3, -0.25) is 14.4 Å². The van der Waals surface area contributed by atoms with Crippen LogP contribution in [0.25, 0.3) is 0 Å². The predicted molar refractivity (Wildman–Crippen MR) is 152 cm³/mol. The van der Waals surface area contributed by atoms with Crippen LogP contribution in [-0.2, 0) is 24.1 Å². The van der Waals surface area contributed by atoms with Crippen LogP contribution in [0.15, 0.2) is 60.7 Å². The van der Waals surface area contributed by atoms with Gasteiger partial charge in [0, 0.05) is 18.8 Å². The summed E-state index contributed by atoms with van der Waals surface area (Å²) in [5.41, 5.74) is -3.49. The molecule has 248 valence electrons. The Morgan fingerprint density at radius 1 is 0.783 bits per heavy atom. The van der Waals surface area contributed by atoms with Crippen LogP contribution in [0.5, 0.6) is 5.75 Å². The first-order valence-corrected chi connectivity index (χ1v) is 13.6. The van der Waals surface area contributed by atoms with E-state index < -0.39 is 54.1 Å². The molecule has 0 saturated carbocycles. The van der Waals surface area contributed by atoms with Crippen LogP contribution in [0.1, 0.15) is 51.3 Å². The molecule has 3 rings (SSSR count). The molecule has 0 atom stereocenters. The minimum Gasteiger partial charge on any atom is -0.487 e. The van der Waals surface area contributed by atoms with Gasteiger partial charge in [-0.1, -0.05) is 29.8 Å². The van der Waals surface area contributed by atoms with E-state index in [9.17, 15) is 49.5 Å². The van der Waals surface area contributed by atoms with Crippen molar-refractivity contribution in [3.05, 3.63) is 93.5 Å². The third-order valence-corrected chi connectivity index (χ3v) is 6.92. The number of ether oxygens (including phenoxy) is 1. The van der Waals surface area contributed by atoms with E-state index in [1.165, 1.54) is 24.3 Å². The summed E-state index contributed by atoms with van der Waals surface area (Å²) in [7, 11) is 0. The van der Waals surface area contributed by atoms with Crippen molar-refractivity contribution >= 4 is 35.0 Å². The number of anilines is 1. The minimum absolute atomic E-state index is 0.0178. The summed E-state index contributed by atoms with van der Waals surface area (Å²) < 4.78 is 109. The zero-order valence-corrected chi connectivity index (χ0v) is 24.8. The Hall–Kier alpha value is -4.40. The zero-order valence-electron chi connectivity index (χ0n) is 24.0. The van der Waals surface area contributed by atoms with E-state index in [2.05, 4.69) is 16.0 Å². The molecule has 46 heavy (non-hydrogen) atoms. The van der Waals surface area contributed by atoms with Crippen LogP contribution in [0, 0.1) is 5.41 Å². The van der Waals surface area contributed by atoms with Crippen LogP contribution >= 0.6 is 11.6 Å². The second-order valence-corrected chi connectivity index (χ2v) is 10.8. The van der Waals surface area contributed by atoms with E-state index in [0.29, 0.717) is 5.56 Å². The molecule has 3 aromatic rings. The number of rotatable bonds is 11. The van der Waals surface area contributed by atoms with Crippen LogP contribution in [0.2, 0.25) is 5.02 Å². The lowest BCUT2D eigenvalue weighted by Crippen LogP contribution is -2.46. The van der Waals surface area contributed by atoms with Crippen molar-refractivity contribution in [3.8, 4) is 5.75 Å². The lowest BCUT2D eigenvalue weighted by molar-refractivity contribution is -0.211. The second-order valence-electron chi connectivity index (χ2n) is 10.4. The highest BCUT2D eigenvalue weighted by Crippen LogP contribution is 2.37. The summed E-state index contributed by atoms with van der Waals surface area (Å²) in [6.07, 6.45) is -12.2. The number of hydrogen-bond donors (Lipinski definition) is 3. The lowest BCUT2D eigenvalue weighted by atomic mass is 9.91. The summed E-state index contributed by atoms with van der Waals surface area (Å²) >= 11 is 6.15. The van der Waals surface area contributed by atoms with Crippen LogP contribution in [0.4, 0.5) is 40.8 Å². The molecule has 0 saturated heterocycles. The number of halogens is 9. The molecule has 3 aromatic carbocycles. The van der Waals surface area contributed by atoms with Crippen molar-refractivity contribution in [2.75, 3.05) is 11.9 Å². The Kier molecular flexibility index (Phi) is 11.3. The quantitative estimate of drug-likeness (QED) is 0.184. The molecule has 0 aliphatic carbocycles. The number of amides is 3. The van der Waals surface area contributed by atoms with Crippen molar-refractivity contribution < 1.29 is 54.2 Å². The maximum Gasteiger partial charge on any atom is 0.416 e. The fourth-order valence-electron chi connectivity index (χ4n) is 3.74. The van der Waals surface area contributed by atoms with Gasteiger partial charge in [-0.25, -0.2) is 8.78 Å². The largest absolute Gasteiger partial charge is 0.487 e. The fourth-order valence-corrected chi connectivity index (χ4v) is 3.94. The molecule has 0 radical (unpaired) electrons. The third-order valence-electron chi connectivity index (χ3n) is 6.59. The van der Waals surface area contributed by atoms with Gasteiger partial charge in [0.2, 0.25) is 5.91 Å². The van der Waals surface area contributed by atoms with E-state index >= 15 is 0 Å². The first-order valence-electron chi connectivity index (χ1n) is 13.2. The smallest absolute Gasteiger partial charge is 0.416 e. The van der Waals surface area contributed by atoms with Crippen molar-refractivity contribution in [2.45, 2.75) is 45.7 Å². The number of carbonyl (C=O) groups is 3. The van der Waals surface area contributed by atoms with Crippen LogP contribution in [-0.4, -0.2) is 36.9 Å². The average molecular weight is 680 g/mol. The predicted octanol–water partition coefficient (Wildman–Crippen LogP) is 7.39. The maximum atomic E-state index is 13.2. The molecule has 0 aromatic heterocycles. The monoisotopic (exact) mass is 679 g/mol. The molecule has 0 spiro atoms. The lowest BCUT2D eigenvalue weighted by Gasteiger charge is -2.26. The van der Waals surface area contributed by atoms with Crippen molar-refractivity contribution in [3.63, 3.8) is 0 Å². The standard InChI is InChI=1S/C30H26ClF8N3O4/c1-28(2,30(37,38)39)27(45)41-14-17-5-9-22(31)20(11-17)26(44)42-19-8-10-23(46-15-24(32)33)21(12-19)25(43)40-13-16-3-6-18(7-4-16)29(34,35)36/h3-12,24H,13-15H2,1-2H3,(H,40,43)(H,41,45)(H,42,44). The van der Waals surface area contributed by atoms with Gasteiger partial charge in [0.25, 0.3) is 18.2 Å². The molecule has 0 fully saturated rings. The van der Waals surface area contributed by atoms with Gasteiger partial charge in [0.1, 0.15) is 17.8 Å². The van der Waals surface area contributed by atoms with Gasteiger partial charge in [-0.15, -0.1) is 0 Å². The maximum absolute atomic E-state index is 13.2. The molecule has 0 aliphatic rings. The Balaban J connectivity index is 1.78. The second kappa shape index (κ2) is 14.4. The van der Waals surface area contributed by atoms with Crippen LogP contribution in [0.3, 0.4) is 0 Å². The highest BCUT2D eigenvalue weighted by molar-refractivity contribution is 6.34. The Labute approximate surface area is 262 Å². The molecule has 7 nitrogen and oxygen atoms in total. The molecule has 0 heterocycles. The summed E-state index contributed by atoms with van der Waals surface area (Å²) in [4.78, 5) is 38.2. The van der Waals surface area contributed by atoms with Gasteiger partial charge in [0.05, 0.1) is 21.7 Å². The molecular formula is C30H26ClF8N3O4. The number of alkyl halides is 8. The van der Waals surface area contributed by atoms with Gasteiger partial charge < -0.3 is 20.7 Å². The highest BCUT2D eigenvalue weighted by Gasteiger charge is 2.52. The molecule has 16 heteroatoms. The van der Waals surface area contributed by atoms with Gasteiger partial charge >= 0.3 is 12.4 Å². The normalized spacial score (nSPS) is 12.1. The first kappa shape index (κ1) is 36.1. The summed E-state index contributed by atoms with van der Waals surface area (Å²) in [6.45, 7) is -0.230. The zero-order chi connectivity index (χ0) is 34.4. The van der Waals surface area contributed by atoms with E-state index in [1.54, 1.807) is 0 Å². The van der Waals surface area contributed by atoms with Gasteiger partial charge in [-0.05, 0) is 67.4 Å². The van der Waals surface area contributed by atoms with Gasteiger partial charge in [0.15, 0.2) is 0 Å². The minimum atomic E-state index is -4.81. The number of nitrogens with one attached hydrogen (secondary N) is 3. The molecule has 3 N–H and O–H groups in total. The van der Waals surface area contributed by atoms with Crippen molar-refractivity contribution in [1.29, 1.82) is 0 Å². The first-order chi connectivity index (χ1) is 21.3. The Bertz CT molecular complexity index is 1580. The topological polar surface area (TPSA) is 96.5 Å². The SMILES string of the molecule is CC(C)(C(=O)NCc1ccc(Cl)c(C(=O)Nc2ccc(OCC(F)F)c(C(=O)NCc3ccc(C(F)(F)F)cc3)c2)c1)C(F)(F)F. The molecule has 0 bridgehead atoms. The molecule has 0 unspecified atom stereocenters. The molecule has 0 aliphatic heterocycles. The Morgan fingerprint density at radius 3 is 1.98 bits per heavy atom. The highest BCUT2D eigenvalue weighted by atomic mass is 35.5. The van der Waals surface area contributed by atoms with E-state index in [-0.39, 0.29) is 46.2 Å².